The molecule has 1 aliphatic heterocycles. The molecule has 0 radical (unpaired) electrons. The number of nitrogens with one attached hydrogen (secondary N) is 1. The number of amides is 1. The van der Waals surface area contributed by atoms with E-state index < -0.39 is 49.0 Å². The average molecular weight is 853 g/mol. The molecular weight excluding hydrogens is 761 g/mol. The van der Waals surface area contributed by atoms with Crippen LogP contribution in [0.4, 0.5) is 0 Å². The molecule has 352 valence electrons. The maximum absolute atomic E-state index is 13.1. The summed E-state index contributed by atoms with van der Waals surface area (Å²) >= 11 is 0. The molecule has 0 bridgehead atoms. The van der Waals surface area contributed by atoms with Crippen molar-refractivity contribution < 1.29 is 39.8 Å². The lowest BCUT2D eigenvalue weighted by molar-refractivity contribution is -0.296. The highest BCUT2D eigenvalue weighted by molar-refractivity contribution is 5.76. The van der Waals surface area contributed by atoms with Gasteiger partial charge in [0.05, 0.1) is 31.4 Å². The molecule has 1 fully saturated rings. The zero-order chi connectivity index (χ0) is 43.9. The van der Waals surface area contributed by atoms with Gasteiger partial charge in [-0.15, -0.1) is 0 Å². The molecule has 0 aromatic rings. The van der Waals surface area contributed by atoms with Crippen molar-refractivity contribution in [2.24, 2.45) is 5.11 Å². The number of allylic oxidation sites excluding steroid dienone is 2. The van der Waals surface area contributed by atoms with Gasteiger partial charge in [0, 0.05) is 11.3 Å². The molecule has 12 nitrogen and oxygen atoms in total. The topological polar surface area (TPSA) is 197 Å². The molecule has 60 heavy (non-hydrogen) atoms. The van der Waals surface area contributed by atoms with Gasteiger partial charge in [-0.1, -0.05) is 198 Å². The minimum absolute atomic E-state index is 0.268. The highest BCUT2D eigenvalue weighted by Crippen LogP contribution is 2.24. The fraction of sp³-hybridized carbons (Fsp3) is 0.938. The Kier molecular flexibility index (Phi) is 37.5. The molecule has 1 amide bonds. The Labute approximate surface area is 365 Å². The first-order valence-corrected chi connectivity index (χ1v) is 24.9. The minimum atomic E-state index is -1.63. The van der Waals surface area contributed by atoms with Crippen molar-refractivity contribution in [3.05, 3.63) is 22.6 Å². The molecule has 1 saturated heterocycles. The van der Waals surface area contributed by atoms with Crippen LogP contribution in [0.2, 0.25) is 0 Å². The fourth-order valence-electron chi connectivity index (χ4n) is 8.08. The van der Waals surface area contributed by atoms with Gasteiger partial charge in [0.1, 0.15) is 24.4 Å². The van der Waals surface area contributed by atoms with E-state index >= 15 is 0 Å². The first-order valence-electron chi connectivity index (χ1n) is 24.9. The van der Waals surface area contributed by atoms with E-state index in [1.807, 2.05) is 0 Å². The lowest BCUT2D eigenvalue weighted by Crippen LogP contribution is -2.60. The summed E-state index contributed by atoms with van der Waals surface area (Å²) in [6.07, 6.45) is 33.3. The third-order valence-electron chi connectivity index (χ3n) is 12.1. The molecule has 0 spiro atoms. The van der Waals surface area contributed by atoms with Gasteiger partial charge in [0.15, 0.2) is 6.29 Å². The smallest absolute Gasteiger partial charge is 0.220 e. The van der Waals surface area contributed by atoms with Gasteiger partial charge >= 0.3 is 0 Å². The summed E-state index contributed by atoms with van der Waals surface area (Å²) in [5.74, 6) is -0.268. The Hall–Kier alpha value is -1.76. The molecule has 0 aromatic heterocycles. The van der Waals surface area contributed by atoms with Crippen molar-refractivity contribution in [2.45, 2.75) is 275 Å². The average Bonchev–Trinajstić information content (AvgIpc) is 3.25. The van der Waals surface area contributed by atoms with Crippen LogP contribution in [0.3, 0.4) is 0 Å². The van der Waals surface area contributed by atoms with E-state index in [4.69, 9.17) is 15.0 Å². The van der Waals surface area contributed by atoms with E-state index in [1.54, 1.807) is 0 Å². The zero-order valence-corrected chi connectivity index (χ0v) is 38.3. The van der Waals surface area contributed by atoms with Crippen molar-refractivity contribution in [3.8, 4) is 0 Å². The van der Waals surface area contributed by atoms with Gasteiger partial charge < -0.3 is 40.3 Å². The lowest BCUT2D eigenvalue weighted by Gasteiger charge is -2.40. The number of hydrogen-bond donors (Lipinski definition) is 6. The van der Waals surface area contributed by atoms with Gasteiger partial charge in [-0.05, 0) is 44.1 Å². The predicted molar refractivity (Wildman–Crippen MR) is 243 cm³/mol. The van der Waals surface area contributed by atoms with Crippen LogP contribution in [-0.2, 0) is 14.3 Å². The van der Waals surface area contributed by atoms with E-state index in [-0.39, 0.29) is 25.5 Å². The molecule has 12 heteroatoms. The Balaban J connectivity index is 2.39. The number of ether oxygens (including phenoxy) is 2. The molecule has 1 aliphatic rings. The molecule has 0 unspecified atom stereocenters. The van der Waals surface area contributed by atoms with Crippen LogP contribution < -0.4 is 5.32 Å². The highest BCUT2D eigenvalue weighted by Gasteiger charge is 2.44. The van der Waals surface area contributed by atoms with Crippen molar-refractivity contribution in [1.29, 1.82) is 0 Å². The number of carbonyl (C=O) groups excluding carboxylic acids is 1. The van der Waals surface area contributed by atoms with Gasteiger partial charge in [-0.3, -0.25) is 4.79 Å². The molecule has 8 atom stereocenters. The first kappa shape index (κ1) is 56.3. The summed E-state index contributed by atoms with van der Waals surface area (Å²) < 4.78 is 11.4. The van der Waals surface area contributed by atoms with Crippen molar-refractivity contribution >= 4 is 5.91 Å². The SMILES string of the molecule is CCCCCCCC/C=C\CCCCCCCCCCCCCC(=O)N[C@@H](CO[C@H]1O[C@H](CN=[N+]=[N-])[C@H](O)[C@H](O)[C@H]1O)[C@H](O)[C@H](O)CCCCCCCCCCCCCC. The maximum atomic E-state index is 13.1. The van der Waals surface area contributed by atoms with Crippen LogP contribution in [0.15, 0.2) is 17.3 Å². The number of aliphatic hydroxyl groups is 5. The number of hydrogen-bond acceptors (Lipinski definition) is 9. The summed E-state index contributed by atoms with van der Waals surface area (Å²) in [4.78, 5) is 15.7. The standard InChI is InChI=1S/C48H92N4O8/c1-3-5-7-9-11-13-15-17-18-19-20-21-22-23-24-25-27-29-31-33-35-37-43(54)51-40(39-59-48-47(58)46(57)45(56)42(60-48)38-50-52-49)44(55)41(53)36-34-32-30-28-26-16-14-12-10-8-6-4-2/h17-18,40-42,44-48,53,55-58H,3-16,19-39H2,1-2H3,(H,51,54)/b18-17-/t40-,41+,42+,44-,45-,46-,47+,48-/m0/s1. The number of nitrogens with zero attached hydrogens (tertiary/aromatic N) is 3. The minimum Gasteiger partial charge on any atom is -0.390 e. The predicted octanol–water partition coefficient (Wildman–Crippen LogP) is 10.8. The van der Waals surface area contributed by atoms with Crippen molar-refractivity contribution in [2.75, 3.05) is 13.2 Å². The third kappa shape index (κ3) is 29.5. The van der Waals surface area contributed by atoms with Gasteiger partial charge in [0.25, 0.3) is 0 Å². The third-order valence-corrected chi connectivity index (χ3v) is 12.1. The summed E-state index contributed by atoms with van der Waals surface area (Å²) in [7, 11) is 0. The lowest BCUT2D eigenvalue weighted by atomic mass is 9.98. The summed E-state index contributed by atoms with van der Waals surface area (Å²) in [5, 5.41) is 59.6. The van der Waals surface area contributed by atoms with Crippen LogP contribution in [0.1, 0.15) is 226 Å². The van der Waals surface area contributed by atoms with Crippen LogP contribution in [0.25, 0.3) is 10.4 Å². The number of aliphatic hydroxyl groups excluding tert-OH is 5. The summed E-state index contributed by atoms with van der Waals surface area (Å²) in [6.45, 7) is 3.89. The van der Waals surface area contributed by atoms with Crippen LogP contribution in [-0.4, -0.2) is 93.5 Å². The molecule has 1 heterocycles. The van der Waals surface area contributed by atoms with E-state index in [0.29, 0.717) is 12.8 Å². The summed E-state index contributed by atoms with van der Waals surface area (Å²) in [6, 6.07) is -1.01. The molecule has 0 aromatic carbocycles. The van der Waals surface area contributed by atoms with Crippen LogP contribution >= 0.6 is 0 Å². The Bertz CT molecular complexity index is 1060. The van der Waals surface area contributed by atoms with Gasteiger partial charge in [0.2, 0.25) is 5.91 Å². The Morgan fingerprint density at radius 1 is 0.650 bits per heavy atom. The maximum Gasteiger partial charge on any atom is 0.220 e. The van der Waals surface area contributed by atoms with E-state index in [2.05, 4.69) is 41.3 Å². The molecule has 6 N–H and O–H groups in total. The van der Waals surface area contributed by atoms with Crippen molar-refractivity contribution in [3.63, 3.8) is 0 Å². The highest BCUT2D eigenvalue weighted by atomic mass is 16.7. The Morgan fingerprint density at radius 3 is 1.55 bits per heavy atom. The van der Waals surface area contributed by atoms with Gasteiger partial charge in [-0.25, -0.2) is 0 Å². The normalized spacial score (nSPS) is 20.9. The van der Waals surface area contributed by atoms with E-state index in [1.165, 1.54) is 148 Å². The second kappa shape index (κ2) is 40.0. The molecular formula is C48H92N4O8. The van der Waals surface area contributed by atoms with E-state index in [9.17, 15) is 30.3 Å². The first-order chi connectivity index (χ1) is 29.3. The molecule has 1 rings (SSSR count). The largest absolute Gasteiger partial charge is 0.390 e. The fourth-order valence-corrected chi connectivity index (χ4v) is 8.08. The quantitative estimate of drug-likeness (QED) is 0.0115. The zero-order valence-electron chi connectivity index (χ0n) is 38.3. The monoisotopic (exact) mass is 853 g/mol. The second-order valence-corrected chi connectivity index (χ2v) is 17.6. The number of rotatable bonds is 42. The Morgan fingerprint density at radius 2 is 1.08 bits per heavy atom. The second-order valence-electron chi connectivity index (χ2n) is 17.6. The number of carbonyl (C=O) groups is 1. The number of azide groups is 1. The molecule has 0 aliphatic carbocycles. The summed E-state index contributed by atoms with van der Waals surface area (Å²) in [5.41, 5.74) is 8.70. The molecule has 0 saturated carbocycles. The van der Waals surface area contributed by atoms with Crippen LogP contribution in [0, 0.1) is 0 Å². The number of unbranched alkanes of at least 4 members (excludes halogenated alkanes) is 28. The van der Waals surface area contributed by atoms with Gasteiger partial charge in [-0.2, -0.15) is 0 Å². The van der Waals surface area contributed by atoms with E-state index in [0.717, 1.165) is 44.9 Å². The van der Waals surface area contributed by atoms with Crippen molar-refractivity contribution in [1.82, 2.24) is 5.32 Å². The van der Waals surface area contributed by atoms with Crippen LogP contribution in [0.5, 0.6) is 0 Å².